The first-order chi connectivity index (χ1) is 18.2. The molecule has 1 saturated heterocycles. The van der Waals surface area contributed by atoms with E-state index in [1.54, 1.807) is 0 Å². The van der Waals surface area contributed by atoms with Crippen LogP contribution in [0.3, 0.4) is 0 Å². The first kappa shape index (κ1) is 31.2. The van der Waals surface area contributed by atoms with Crippen molar-refractivity contribution in [2.45, 2.75) is 110 Å². The lowest BCUT2D eigenvalue weighted by atomic mass is 10.2. The molecule has 2 rings (SSSR count). The van der Waals surface area contributed by atoms with Crippen LogP contribution in [0.2, 0.25) is 0 Å². The van der Waals surface area contributed by atoms with Crippen molar-refractivity contribution >= 4 is 17.9 Å². The van der Waals surface area contributed by atoms with Crippen molar-refractivity contribution in [3.05, 3.63) is 32.9 Å². The third-order valence-corrected chi connectivity index (χ3v) is 6.06. The van der Waals surface area contributed by atoms with Gasteiger partial charge in [0, 0.05) is 25.7 Å². The molecule has 0 saturated carbocycles. The Labute approximate surface area is 221 Å². The van der Waals surface area contributed by atoms with E-state index < -0.39 is 53.4 Å². The topological polar surface area (TPSA) is 132 Å². The molecule has 1 aromatic heterocycles. The van der Waals surface area contributed by atoms with Crippen molar-refractivity contribution in [1.29, 1.82) is 0 Å². The van der Waals surface area contributed by atoms with Crippen LogP contribution in [-0.2, 0) is 39.9 Å². The summed E-state index contributed by atoms with van der Waals surface area (Å²) < 4.78 is 37.7. The van der Waals surface area contributed by atoms with Gasteiger partial charge in [0.15, 0.2) is 0 Å². The predicted molar refractivity (Wildman–Crippen MR) is 134 cm³/mol. The lowest BCUT2D eigenvalue weighted by Crippen LogP contribution is -2.43. The van der Waals surface area contributed by atoms with Gasteiger partial charge in [0.2, 0.25) is 5.82 Å². The number of nitrogens with zero attached hydrogens (tertiary/aromatic N) is 2. The Morgan fingerprint density at radius 2 is 1.63 bits per heavy atom. The Morgan fingerprint density at radius 1 is 0.947 bits per heavy atom. The van der Waals surface area contributed by atoms with Gasteiger partial charge in [0.1, 0.15) is 31.6 Å². The van der Waals surface area contributed by atoms with E-state index in [2.05, 4.69) is 6.92 Å². The Bertz CT molecular complexity index is 1050. The third-order valence-electron chi connectivity index (χ3n) is 6.06. The molecule has 38 heavy (non-hydrogen) atoms. The Kier molecular flexibility index (Phi) is 13.2. The Balaban J connectivity index is 2.14. The van der Waals surface area contributed by atoms with Crippen molar-refractivity contribution < 1.29 is 37.7 Å². The van der Waals surface area contributed by atoms with Gasteiger partial charge in [0.25, 0.3) is 5.56 Å². The van der Waals surface area contributed by atoms with E-state index in [4.69, 9.17) is 18.9 Å². The maximum atomic E-state index is 14.5. The highest BCUT2D eigenvalue weighted by atomic mass is 19.1. The van der Waals surface area contributed by atoms with Gasteiger partial charge >= 0.3 is 23.6 Å². The van der Waals surface area contributed by atoms with Gasteiger partial charge in [-0.3, -0.25) is 28.3 Å². The monoisotopic (exact) mass is 542 g/mol. The summed E-state index contributed by atoms with van der Waals surface area (Å²) in [7, 11) is 0. The number of hydrogen-bond acceptors (Lipinski definition) is 9. The van der Waals surface area contributed by atoms with E-state index >= 15 is 0 Å². The molecule has 1 aliphatic rings. The average Bonchev–Trinajstić information content (AvgIpc) is 3.27. The first-order valence-electron chi connectivity index (χ1n) is 13.4. The molecule has 0 radical (unpaired) electrons. The summed E-state index contributed by atoms with van der Waals surface area (Å²) in [6.45, 7) is 4.86. The number of hydrogen-bond donors (Lipinski definition) is 0. The molecule has 0 bridgehead atoms. The second kappa shape index (κ2) is 16.1. The van der Waals surface area contributed by atoms with Crippen molar-refractivity contribution in [2.75, 3.05) is 13.2 Å². The van der Waals surface area contributed by atoms with E-state index in [-0.39, 0.29) is 45.4 Å². The van der Waals surface area contributed by atoms with Crippen LogP contribution in [-0.4, -0.2) is 52.5 Å². The SMILES string of the molecule is CCCCCCC(=O)OCCn1c(=O)c(F)cn([C@H]2C[C@H](OC(=O)CCC)[C@@H](COC(=O)CCC)O2)c1=O. The Morgan fingerprint density at radius 3 is 2.32 bits per heavy atom. The number of carbonyl (C=O) groups is 3. The van der Waals surface area contributed by atoms with Crippen LogP contribution in [0.4, 0.5) is 4.39 Å². The normalized spacial score (nSPS) is 18.8. The average molecular weight is 543 g/mol. The van der Waals surface area contributed by atoms with Crippen molar-refractivity contribution in [1.82, 2.24) is 9.13 Å². The lowest BCUT2D eigenvalue weighted by Gasteiger charge is -2.19. The standard InChI is InChI=1S/C26H39FN2O9/c1-4-7-8-9-12-23(31)35-14-13-28-25(33)18(27)16-29(26(28)34)21-15-19(38-24(32)11-6-3)20(37-21)17-36-22(30)10-5-2/h16,19-21H,4-15,17H2,1-3H3/t19-,20+,21+/m0/s1. The minimum absolute atomic E-state index is 0.0181. The molecule has 0 aromatic carbocycles. The Hall–Kier alpha value is -3.02. The summed E-state index contributed by atoms with van der Waals surface area (Å²) in [6, 6.07) is 0. The smallest absolute Gasteiger partial charge is 0.333 e. The number of unbranched alkanes of at least 4 members (excludes halogenated alkanes) is 3. The van der Waals surface area contributed by atoms with Gasteiger partial charge < -0.3 is 18.9 Å². The second-order valence-electron chi connectivity index (χ2n) is 9.23. The molecular formula is C26H39FN2O9. The molecule has 1 aliphatic heterocycles. The van der Waals surface area contributed by atoms with Gasteiger partial charge in [-0.05, 0) is 19.3 Å². The number of halogens is 1. The number of aromatic nitrogens is 2. The van der Waals surface area contributed by atoms with Crippen LogP contribution in [0.1, 0.15) is 91.2 Å². The molecular weight excluding hydrogens is 503 g/mol. The van der Waals surface area contributed by atoms with Crippen LogP contribution in [0.5, 0.6) is 0 Å². The van der Waals surface area contributed by atoms with Gasteiger partial charge in [-0.1, -0.05) is 40.0 Å². The number of esters is 3. The highest BCUT2D eigenvalue weighted by Gasteiger charge is 2.40. The zero-order chi connectivity index (χ0) is 28.1. The van der Waals surface area contributed by atoms with E-state index in [1.807, 2.05) is 13.8 Å². The zero-order valence-corrected chi connectivity index (χ0v) is 22.4. The summed E-state index contributed by atoms with van der Waals surface area (Å²) in [4.78, 5) is 61.3. The minimum Gasteiger partial charge on any atom is -0.464 e. The fourth-order valence-corrected chi connectivity index (χ4v) is 4.04. The number of rotatable bonds is 16. The second-order valence-corrected chi connectivity index (χ2v) is 9.23. The third kappa shape index (κ3) is 9.38. The van der Waals surface area contributed by atoms with Gasteiger partial charge in [0.05, 0.1) is 12.7 Å². The zero-order valence-electron chi connectivity index (χ0n) is 22.4. The fraction of sp³-hybridized carbons (Fsp3) is 0.731. The maximum absolute atomic E-state index is 14.5. The first-order valence-corrected chi connectivity index (χ1v) is 13.4. The summed E-state index contributed by atoms with van der Waals surface area (Å²) >= 11 is 0. The van der Waals surface area contributed by atoms with E-state index in [9.17, 15) is 28.4 Å². The van der Waals surface area contributed by atoms with Crippen LogP contribution in [0.25, 0.3) is 0 Å². The molecule has 12 heteroatoms. The molecule has 0 aliphatic carbocycles. The van der Waals surface area contributed by atoms with E-state index in [0.717, 1.165) is 30.0 Å². The van der Waals surface area contributed by atoms with Gasteiger partial charge in [-0.15, -0.1) is 0 Å². The van der Waals surface area contributed by atoms with E-state index in [1.165, 1.54) is 0 Å². The quantitative estimate of drug-likeness (QED) is 0.176. The molecule has 0 N–H and O–H groups in total. The van der Waals surface area contributed by atoms with Crippen LogP contribution >= 0.6 is 0 Å². The maximum Gasteiger partial charge on any atom is 0.333 e. The van der Waals surface area contributed by atoms with Crippen molar-refractivity contribution in [3.8, 4) is 0 Å². The summed E-state index contributed by atoms with van der Waals surface area (Å²) in [5.41, 5.74) is -2.03. The minimum atomic E-state index is -1.20. The van der Waals surface area contributed by atoms with Crippen LogP contribution in [0, 0.1) is 5.82 Å². The molecule has 3 atom stereocenters. The molecule has 0 amide bonds. The molecule has 11 nitrogen and oxygen atoms in total. The predicted octanol–water partition coefficient (Wildman–Crippen LogP) is 3.01. The van der Waals surface area contributed by atoms with Crippen molar-refractivity contribution in [2.24, 2.45) is 0 Å². The molecule has 1 fully saturated rings. The number of carbonyl (C=O) groups excluding carboxylic acids is 3. The van der Waals surface area contributed by atoms with Crippen LogP contribution < -0.4 is 11.2 Å². The molecule has 0 spiro atoms. The number of ether oxygens (including phenoxy) is 4. The lowest BCUT2D eigenvalue weighted by molar-refractivity contribution is -0.158. The van der Waals surface area contributed by atoms with Gasteiger partial charge in [-0.25, -0.2) is 4.79 Å². The highest BCUT2D eigenvalue weighted by molar-refractivity contribution is 5.70. The van der Waals surface area contributed by atoms with Crippen molar-refractivity contribution in [3.63, 3.8) is 0 Å². The molecule has 214 valence electrons. The van der Waals surface area contributed by atoms with E-state index in [0.29, 0.717) is 23.8 Å². The van der Waals surface area contributed by atoms with Crippen LogP contribution in [0.15, 0.2) is 15.8 Å². The summed E-state index contributed by atoms with van der Waals surface area (Å²) in [5, 5.41) is 0. The van der Waals surface area contributed by atoms with Gasteiger partial charge in [-0.2, -0.15) is 4.39 Å². The molecule has 1 aromatic rings. The highest BCUT2D eigenvalue weighted by Crippen LogP contribution is 2.30. The largest absolute Gasteiger partial charge is 0.464 e. The molecule has 0 unspecified atom stereocenters. The molecule has 2 heterocycles. The summed E-state index contributed by atoms with van der Waals surface area (Å²) in [6.07, 6.45) is 3.26. The fourth-order valence-electron chi connectivity index (χ4n) is 4.04. The summed E-state index contributed by atoms with van der Waals surface area (Å²) in [5.74, 6) is -2.58.